The van der Waals surface area contributed by atoms with Crippen LogP contribution in [-0.4, -0.2) is 99.2 Å². The fourth-order valence-corrected chi connectivity index (χ4v) is 9.44. The third-order valence-corrected chi connectivity index (χ3v) is 11.7. The Hall–Kier alpha value is -1.86. The van der Waals surface area contributed by atoms with Crippen LogP contribution in [0.5, 0.6) is 0 Å². The molecule has 3 aliphatic carbocycles. The van der Waals surface area contributed by atoms with Gasteiger partial charge in [0.2, 0.25) is 0 Å². The van der Waals surface area contributed by atoms with Gasteiger partial charge in [0.1, 0.15) is 36.1 Å². The molecule has 0 radical (unpaired) electrons. The molecule has 5 aliphatic heterocycles. The van der Waals surface area contributed by atoms with Crippen molar-refractivity contribution < 1.29 is 53.7 Å². The number of aliphatic hydroxyl groups is 4. The van der Waals surface area contributed by atoms with Crippen LogP contribution in [-0.2, 0) is 33.3 Å². The van der Waals surface area contributed by atoms with E-state index in [2.05, 4.69) is 0 Å². The van der Waals surface area contributed by atoms with Gasteiger partial charge in [-0.05, 0) is 51.0 Å². The van der Waals surface area contributed by atoms with E-state index >= 15 is 0 Å². The molecule has 8 rings (SSSR count). The summed E-state index contributed by atoms with van der Waals surface area (Å²) in [5, 5.41) is 44.7. The first kappa shape index (κ1) is 27.0. The number of aliphatic hydroxyl groups excluding tert-OH is 2. The molecule has 40 heavy (non-hydrogen) atoms. The minimum Gasteiger partial charge on any atom is -0.462 e. The normalized spacial score (nSPS) is 55.4. The van der Waals surface area contributed by atoms with Crippen molar-refractivity contribution >= 4 is 11.9 Å². The topological polar surface area (TPSA) is 161 Å². The Morgan fingerprint density at radius 1 is 1.00 bits per heavy atom. The molecule has 11 nitrogen and oxygen atoms in total. The maximum Gasteiger partial charge on any atom is 0.330 e. The van der Waals surface area contributed by atoms with Crippen molar-refractivity contribution in [3.05, 3.63) is 23.8 Å². The molecule has 5 heterocycles. The fraction of sp³-hybridized carbons (Fsp3) is 0.793. The van der Waals surface area contributed by atoms with Gasteiger partial charge in [0.15, 0.2) is 6.29 Å². The molecular formula is C29H38O11. The van der Waals surface area contributed by atoms with E-state index in [4.69, 9.17) is 23.7 Å². The van der Waals surface area contributed by atoms with Gasteiger partial charge in [0.25, 0.3) is 0 Å². The average molecular weight is 563 g/mol. The fourth-order valence-electron chi connectivity index (χ4n) is 9.44. The summed E-state index contributed by atoms with van der Waals surface area (Å²) in [6.07, 6.45) is 1.20. The third kappa shape index (κ3) is 3.25. The van der Waals surface area contributed by atoms with Crippen LogP contribution in [0.3, 0.4) is 0 Å². The lowest BCUT2D eigenvalue weighted by atomic mass is 9.40. The Labute approximate surface area is 232 Å². The summed E-state index contributed by atoms with van der Waals surface area (Å²) in [5.41, 5.74) is -5.07. The highest BCUT2D eigenvalue weighted by Crippen LogP contribution is 2.74. The third-order valence-electron chi connectivity index (χ3n) is 11.7. The molecule has 11 heteroatoms. The van der Waals surface area contributed by atoms with E-state index < -0.39 is 76.4 Å². The lowest BCUT2D eigenvalue weighted by Crippen LogP contribution is -2.80. The predicted octanol–water partition coefficient (Wildman–Crippen LogP) is 0.415. The highest BCUT2D eigenvalue weighted by molar-refractivity contribution is 5.83. The number of cyclic esters (lactones) is 1. The minimum atomic E-state index is -1.49. The molecule has 1 unspecified atom stereocenters. The number of hydrogen-bond donors (Lipinski definition) is 4. The van der Waals surface area contributed by atoms with E-state index in [1.807, 2.05) is 6.92 Å². The van der Waals surface area contributed by atoms with Crippen LogP contribution < -0.4 is 0 Å². The largest absolute Gasteiger partial charge is 0.462 e. The predicted molar refractivity (Wildman–Crippen MR) is 134 cm³/mol. The summed E-state index contributed by atoms with van der Waals surface area (Å²) >= 11 is 0. The van der Waals surface area contributed by atoms with Crippen molar-refractivity contribution in [2.75, 3.05) is 13.2 Å². The van der Waals surface area contributed by atoms with E-state index in [0.717, 1.165) is 0 Å². The maximum absolute atomic E-state index is 13.3. The highest BCUT2D eigenvalue weighted by atomic mass is 16.7. The minimum absolute atomic E-state index is 0.0965. The first-order valence-corrected chi connectivity index (χ1v) is 14.4. The van der Waals surface area contributed by atoms with E-state index in [1.165, 1.54) is 12.2 Å². The lowest BCUT2D eigenvalue weighted by molar-refractivity contribution is -0.377. The zero-order valence-electron chi connectivity index (χ0n) is 22.8. The zero-order chi connectivity index (χ0) is 28.3. The molecule has 12 atom stereocenters. The first-order chi connectivity index (χ1) is 18.9. The van der Waals surface area contributed by atoms with Crippen molar-refractivity contribution in [2.24, 2.45) is 16.7 Å². The summed E-state index contributed by atoms with van der Waals surface area (Å²) in [5.74, 6) is -1.57. The van der Waals surface area contributed by atoms with Crippen LogP contribution in [0.4, 0.5) is 0 Å². The second-order valence-electron chi connectivity index (χ2n) is 13.3. The van der Waals surface area contributed by atoms with E-state index in [9.17, 15) is 30.0 Å². The zero-order valence-corrected chi connectivity index (χ0v) is 22.8. The van der Waals surface area contributed by atoms with Crippen molar-refractivity contribution in [1.82, 2.24) is 0 Å². The Morgan fingerprint density at radius 2 is 1.80 bits per heavy atom. The Bertz CT molecular complexity index is 1180. The monoisotopic (exact) mass is 562 g/mol. The Morgan fingerprint density at radius 3 is 2.60 bits per heavy atom. The van der Waals surface area contributed by atoms with Gasteiger partial charge in [-0.25, -0.2) is 9.59 Å². The molecule has 7 fully saturated rings. The van der Waals surface area contributed by atoms with E-state index in [1.54, 1.807) is 13.0 Å². The van der Waals surface area contributed by atoms with Crippen LogP contribution in [0.25, 0.3) is 0 Å². The highest BCUT2D eigenvalue weighted by Gasteiger charge is 2.83. The average Bonchev–Trinajstić information content (AvgIpc) is 3.24. The summed E-state index contributed by atoms with van der Waals surface area (Å²) < 4.78 is 30.1. The molecule has 0 aromatic rings. The number of hydrogen-bond acceptors (Lipinski definition) is 11. The molecule has 0 aromatic carbocycles. The Kier molecular flexibility index (Phi) is 5.80. The molecular weight excluding hydrogens is 524 g/mol. The molecule has 0 amide bonds. The number of rotatable bonds is 0. The molecule has 0 aromatic heterocycles. The maximum atomic E-state index is 13.3. The number of ether oxygens (including phenoxy) is 5. The van der Waals surface area contributed by atoms with Gasteiger partial charge in [-0.1, -0.05) is 13.0 Å². The number of carbonyl (C=O) groups excluding carboxylic acids is 2. The van der Waals surface area contributed by atoms with Crippen LogP contribution in [0.1, 0.15) is 58.8 Å². The SMILES string of the molecule is C[C@]12[C@H]3C[C@H]4O[C@@H]5[C@H](C[C@]41O)[C@@](C)(O)CC[C@@]52COC(=O)C=C1CCOC2(CCC=CC(=O)O3)[C@@H]1O[C@H](O)[C@H]2O. The summed E-state index contributed by atoms with van der Waals surface area (Å²) in [7, 11) is 0. The van der Waals surface area contributed by atoms with Crippen LogP contribution in [0.2, 0.25) is 0 Å². The lowest BCUT2D eigenvalue weighted by Gasteiger charge is -2.71. The van der Waals surface area contributed by atoms with Gasteiger partial charge < -0.3 is 44.1 Å². The van der Waals surface area contributed by atoms with Crippen molar-refractivity contribution in [1.29, 1.82) is 0 Å². The molecule has 1 spiro atoms. The summed E-state index contributed by atoms with van der Waals surface area (Å²) in [6.45, 7) is 3.79. The smallest absolute Gasteiger partial charge is 0.330 e. The second-order valence-corrected chi connectivity index (χ2v) is 13.3. The molecule has 3 saturated carbocycles. The molecule has 8 bridgehead atoms. The Balaban J connectivity index is 1.30. The van der Waals surface area contributed by atoms with Gasteiger partial charge in [0, 0.05) is 35.3 Å². The van der Waals surface area contributed by atoms with E-state index in [0.29, 0.717) is 44.1 Å². The van der Waals surface area contributed by atoms with Gasteiger partial charge in [-0.15, -0.1) is 0 Å². The molecule has 4 saturated heterocycles. The van der Waals surface area contributed by atoms with Gasteiger partial charge in [0.05, 0.1) is 24.4 Å². The van der Waals surface area contributed by atoms with Gasteiger partial charge in [-0.2, -0.15) is 0 Å². The van der Waals surface area contributed by atoms with Crippen LogP contribution in [0, 0.1) is 16.7 Å². The summed E-state index contributed by atoms with van der Waals surface area (Å²) in [6, 6.07) is 0. The van der Waals surface area contributed by atoms with E-state index in [-0.39, 0.29) is 25.6 Å². The molecule has 220 valence electrons. The van der Waals surface area contributed by atoms with Crippen molar-refractivity contribution in [2.45, 2.75) is 112 Å². The quantitative estimate of drug-likeness (QED) is 0.303. The number of esters is 2. The van der Waals surface area contributed by atoms with Gasteiger partial charge in [-0.3, -0.25) is 0 Å². The second kappa shape index (κ2) is 8.59. The van der Waals surface area contributed by atoms with Crippen molar-refractivity contribution in [3.8, 4) is 0 Å². The van der Waals surface area contributed by atoms with Crippen LogP contribution >= 0.6 is 0 Å². The van der Waals surface area contributed by atoms with Crippen molar-refractivity contribution in [3.63, 3.8) is 0 Å². The standard InChI is InChI=1S/C29H38O11/c1-25(34)8-9-27-14-36-20(31)11-15-6-10-37-28(21(32)24(33)40-22(15)28)7-4-3-5-19(30)38-17-12-18-29(35,26(17,27)2)13-16(25)23(27)39-18/h3,5,11,16-18,21-24,32-35H,4,6-10,12-14H2,1-2H3/t16-,17+,18+,21+,22+,23+,24-,25-,26+,27+,28?,29-/m0/s1. The molecule has 4 N–H and O–H groups in total. The number of carbonyl (C=O) groups is 2. The first-order valence-electron chi connectivity index (χ1n) is 14.4. The van der Waals surface area contributed by atoms with Crippen LogP contribution in [0.15, 0.2) is 23.8 Å². The van der Waals surface area contributed by atoms with Gasteiger partial charge >= 0.3 is 11.9 Å². The summed E-state index contributed by atoms with van der Waals surface area (Å²) in [4.78, 5) is 26.4. The number of allylic oxidation sites excluding steroid dienone is 1. The molecule has 8 aliphatic rings.